The van der Waals surface area contributed by atoms with E-state index in [1.165, 1.54) is 24.5 Å². The highest BCUT2D eigenvalue weighted by Crippen LogP contribution is 2.28. The molecule has 0 atom stereocenters. The highest BCUT2D eigenvalue weighted by molar-refractivity contribution is 5.86. The van der Waals surface area contributed by atoms with E-state index in [1.54, 1.807) is 12.1 Å². The Balaban J connectivity index is 1.89. The maximum Gasteiger partial charge on any atom is 0.183 e. The second-order valence-corrected chi connectivity index (χ2v) is 5.20. The summed E-state index contributed by atoms with van der Waals surface area (Å²) in [6, 6.07) is 9.46. The van der Waals surface area contributed by atoms with Crippen molar-refractivity contribution in [1.29, 1.82) is 0 Å². The number of halogens is 3. The predicted molar refractivity (Wildman–Crippen MR) is 86.7 cm³/mol. The normalized spacial score (nSPS) is 11.0. The Bertz CT molecular complexity index is 1060. The number of anilines is 2. The summed E-state index contributed by atoms with van der Waals surface area (Å²) in [5, 5.41) is 2.60. The second-order valence-electron chi connectivity index (χ2n) is 5.20. The van der Waals surface area contributed by atoms with E-state index >= 15 is 0 Å². The van der Waals surface area contributed by atoms with E-state index in [0.29, 0.717) is 5.52 Å². The Labute approximate surface area is 139 Å². The van der Waals surface area contributed by atoms with Crippen LogP contribution in [0, 0.1) is 17.5 Å². The first-order chi connectivity index (χ1) is 12.1. The lowest BCUT2D eigenvalue weighted by molar-refractivity contribution is 0.590. The molecule has 0 saturated heterocycles. The number of benzene rings is 2. The molecule has 8 heteroatoms. The fourth-order valence-electron chi connectivity index (χ4n) is 2.42. The number of H-pyrrole nitrogens is 1. The third-order valence-corrected chi connectivity index (χ3v) is 3.61. The minimum absolute atomic E-state index is 0.0527. The molecule has 2 heterocycles. The van der Waals surface area contributed by atoms with E-state index in [-0.39, 0.29) is 28.5 Å². The van der Waals surface area contributed by atoms with Crippen molar-refractivity contribution in [2.45, 2.75) is 0 Å². The molecule has 5 nitrogen and oxygen atoms in total. The molecule has 0 unspecified atom stereocenters. The van der Waals surface area contributed by atoms with Crippen molar-refractivity contribution in [2.75, 3.05) is 5.32 Å². The van der Waals surface area contributed by atoms with Gasteiger partial charge in [0.2, 0.25) is 0 Å². The number of aromatic amines is 1. The SMILES string of the molecule is Fc1ccccc1-c1nc(Nc2c(F)cccc2F)c2[nH]cnc2n1. The first kappa shape index (κ1) is 15.1. The van der Waals surface area contributed by atoms with Gasteiger partial charge >= 0.3 is 0 Å². The van der Waals surface area contributed by atoms with Gasteiger partial charge in [-0.15, -0.1) is 0 Å². The molecule has 0 fully saturated rings. The molecule has 25 heavy (non-hydrogen) atoms. The Morgan fingerprint density at radius 1 is 0.840 bits per heavy atom. The molecule has 124 valence electrons. The van der Waals surface area contributed by atoms with Gasteiger partial charge in [-0.1, -0.05) is 18.2 Å². The molecule has 0 saturated carbocycles. The fraction of sp³-hybridized carbons (Fsp3) is 0. The van der Waals surface area contributed by atoms with Crippen molar-refractivity contribution in [2.24, 2.45) is 0 Å². The summed E-state index contributed by atoms with van der Waals surface area (Å²) in [4.78, 5) is 15.2. The van der Waals surface area contributed by atoms with Crippen LogP contribution in [0.3, 0.4) is 0 Å². The molecule has 0 amide bonds. The van der Waals surface area contributed by atoms with Crippen molar-refractivity contribution in [3.63, 3.8) is 0 Å². The van der Waals surface area contributed by atoms with E-state index in [0.717, 1.165) is 12.1 Å². The Morgan fingerprint density at radius 2 is 1.56 bits per heavy atom. The number of nitrogens with one attached hydrogen (secondary N) is 2. The lowest BCUT2D eigenvalue weighted by Crippen LogP contribution is -2.03. The maximum atomic E-state index is 14.0. The van der Waals surface area contributed by atoms with Gasteiger partial charge in [0, 0.05) is 0 Å². The first-order valence-electron chi connectivity index (χ1n) is 7.30. The van der Waals surface area contributed by atoms with Crippen LogP contribution in [0.2, 0.25) is 0 Å². The first-order valence-corrected chi connectivity index (χ1v) is 7.30. The van der Waals surface area contributed by atoms with Gasteiger partial charge < -0.3 is 10.3 Å². The van der Waals surface area contributed by atoms with Gasteiger partial charge in [0.15, 0.2) is 17.3 Å². The lowest BCUT2D eigenvalue weighted by Gasteiger charge is -2.10. The summed E-state index contributed by atoms with van der Waals surface area (Å²) in [6.07, 6.45) is 1.37. The Kier molecular flexibility index (Phi) is 3.57. The van der Waals surface area contributed by atoms with Crippen LogP contribution in [-0.4, -0.2) is 19.9 Å². The molecule has 0 aliphatic rings. The van der Waals surface area contributed by atoms with Crippen LogP contribution in [0.5, 0.6) is 0 Å². The highest BCUT2D eigenvalue weighted by Gasteiger charge is 2.16. The predicted octanol–water partition coefficient (Wildman–Crippen LogP) is 4.18. The average Bonchev–Trinajstić information content (AvgIpc) is 3.07. The van der Waals surface area contributed by atoms with Gasteiger partial charge in [-0.3, -0.25) is 0 Å². The summed E-state index contributed by atoms with van der Waals surface area (Å²) < 4.78 is 41.9. The number of imidazole rings is 1. The molecule has 4 rings (SSSR count). The molecule has 0 spiro atoms. The summed E-state index contributed by atoms with van der Waals surface area (Å²) in [5.74, 6) is -1.93. The van der Waals surface area contributed by atoms with Gasteiger partial charge in [0.05, 0.1) is 11.9 Å². The van der Waals surface area contributed by atoms with Gasteiger partial charge in [0.1, 0.15) is 28.7 Å². The van der Waals surface area contributed by atoms with Crippen molar-refractivity contribution in [3.8, 4) is 11.4 Å². The van der Waals surface area contributed by atoms with E-state index in [1.807, 2.05) is 0 Å². The zero-order valence-corrected chi connectivity index (χ0v) is 12.6. The standard InChI is InChI=1S/C17H10F3N5/c18-10-5-2-1-4-9(10)15-24-16-14(21-8-22-16)17(25-15)23-13-11(19)6-3-7-12(13)20/h1-8H,(H2,21,22,23,24,25). The summed E-state index contributed by atoms with van der Waals surface area (Å²) in [7, 11) is 0. The molecule has 0 radical (unpaired) electrons. The number of fused-ring (bicyclic) bond motifs is 1. The van der Waals surface area contributed by atoms with Crippen LogP contribution in [0.4, 0.5) is 24.7 Å². The number of rotatable bonds is 3. The van der Waals surface area contributed by atoms with E-state index in [9.17, 15) is 13.2 Å². The average molecular weight is 341 g/mol. The lowest BCUT2D eigenvalue weighted by atomic mass is 10.2. The number of hydrogen-bond donors (Lipinski definition) is 2. The summed E-state index contributed by atoms with van der Waals surface area (Å²) >= 11 is 0. The van der Waals surface area contributed by atoms with Crippen LogP contribution in [0.25, 0.3) is 22.6 Å². The Hall–Kier alpha value is -3.42. The number of para-hydroxylation sites is 1. The fourth-order valence-corrected chi connectivity index (χ4v) is 2.42. The minimum Gasteiger partial charge on any atom is -0.340 e. The zero-order chi connectivity index (χ0) is 17.4. The third kappa shape index (κ3) is 2.67. The minimum atomic E-state index is -0.779. The smallest absolute Gasteiger partial charge is 0.183 e. The number of aromatic nitrogens is 4. The molecule has 0 aliphatic heterocycles. The van der Waals surface area contributed by atoms with Gasteiger partial charge in [-0.25, -0.2) is 28.1 Å². The van der Waals surface area contributed by atoms with Gasteiger partial charge in [-0.2, -0.15) is 0 Å². The van der Waals surface area contributed by atoms with Crippen molar-refractivity contribution < 1.29 is 13.2 Å². The molecule has 2 aromatic carbocycles. The molecular weight excluding hydrogens is 331 g/mol. The largest absolute Gasteiger partial charge is 0.340 e. The van der Waals surface area contributed by atoms with E-state index < -0.39 is 17.5 Å². The Morgan fingerprint density at radius 3 is 2.32 bits per heavy atom. The number of hydrogen-bond acceptors (Lipinski definition) is 4. The number of nitrogens with zero attached hydrogens (tertiary/aromatic N) is 3. The van der Waals surface area contributed by atoms with Gasteiger partial charge in [-0.05, 0) is 24.3 Å². The molecule has 2 aromatic heterocycles. The molecular formula is C17H10F3N5. The van der Waals surface area contributed by atoms with Crippen molar-refractivity contribution in [3.05, 3.63) is 66.2 Å². The van der Waals surface area contributed by atoms with Crippen molar-refractivity contribution in [1.82, 2.24) is 19.9 Å². The van der Waals surface area contributed by atoms with Crippen LogP contribution in [0.15, 0.2) is 48.8 Å². The zero-order valence-electron chi connectivity index (χ0n) is 12.6. The third-order valence-electron chi connectivity index (χ3n) is 3.61. The van der Waals surface area contributed by atoms with Crippen LogP contribution < -0.4 is 5.32 Å². The molecule has 0 aliphatic carbocycles. The molecule has 4 aromatic rings. The van der Waals surface area contributed by atoms with E-state index in [2.05, 4.69) is 25.3 Å². The summed E-state index contributed by atoms with van der Waals surface area (Å²) in [5.41, 5.74) is 0.385. The monoisotopic (exact) mass is 341 g/mol. The van der Waals surface area contributed by atoms with Crippen molar-refractivity contribution >= 4 is 22.7 Å². The van der Waals surface area contributed by atoms with Crippen LogP contribution >= 0.6 is 0 Å². The van der Waals surface area contributed by atoms with E-state index in [4.69, 9.17) is 0 Å². The molecule has 2 N–H and O–H groups in total. The summed E-state index contributed by atoms with van der Waals surface area (Å²) in [6.45, 7) is 0. The van der Waals surface area contributed by atoms with Gasteiger partial charge in [0.25, 0.3) is 0 Å². The second kappa shape index (κ2) is 5.90. The quantitative estimate of drug-likeness (QED) is 0.587. The molecule has 0 bridgehead atoms. The van der Waals surface area contributed by atoms with Crippen LogP contribution in [-0.2, 0) is 0 Å². The van der Waals surface area contributed by atoms with Crippen LogP contribution in [0.1, 0.15) is 0 Å². The maximum absolute atomic E-state index is 14.0. The highest BCUT2D eigenvalue weighted by atomic mass is 19.1. The topological polar surface area (TPSA) is 66.5 Å².